The predicted molar refractivity (Wildman–Crippen MR) is 95.9 cm³/mol. The minimum atomic E-state index is -3.49. The summed E-state index contributed by atoms with van der Waals surface area (Å²) in [4.78, 5) is 6.64. The molecule has 1 saturated heterocycles. The van der Waals surface area contributed by atoms with Crippen LogP contribution in [-0.2, 0) is 10.0 Å². The zero-order valence-corrected chi connectivity index (χ0v) is 16.4. The van der Waals surface area contributed by atoms with Crippen molar-refractivity contribution in [1.82, 2.24) is 19.3 Å². The highest BCUT2D eigenvalue weighted by Gasteiger charge is 2.36. The second-order valence-electron chi connectivity index (χ2n) is 6.73. The van der Waals surface area contributed by atoms with Gasteiger partial charge in [0.1, 0.15) is 10.3 Å². The molecular formula is C16H24N4O3S2. The standard InChI is InChI=1S/C16H24N4O3S2/c1-12(2)10-19-7-5-8-20(25(21,22)15-6-4-9-24-15)11-14(19)16-17-13(3)18-23-16/h4,6,9,12,14H,5,7-8,10-11H2,1-3H3. The smallest absolute Gasteiger partial charge is 0.252 e. The van der Waals surface area contributed by atoms with Gasteiger partial charge >= 0.3 is 0 Å². The Labute approximate surface area is 152 Å². The van der Waals surface area contributed by atoms with E-state index in [4.69, 9.17) is 4.52 Å². The number of thiophene rings is 1. The quantitative estimate of drug-likeness (QED) is 0.788. The van der Waals surface area contributed by atoms with Gasteiger partial charge in [-0.1, -0.05) is 25.1 Å². The van der Waals surface area contributed by atoms with Crippen LogP contribution >= 0.6 is 11.3 Å². The summed E-state index contributed by atoms with van der Waals surface area (Å²) in [5.74, 6) is 1.52. The molecule has 1 unspecified atom stereocenters. The van der Waals surface area contributed by atoms with Gasteiger partial charge in [0, 0.05) is 26.2 Å². The summed E-state index contributed by atoms with van der Waals surface area (Å²) in [6, 6.07) is 3.20. The fourth-order valence-electron chi connectivity index (χ4n) is 3.13. The first-order valence-corrected chi connectivity index (χ1v) is 10.8. The zero-order chi connectivity index (χ0) is 18.0. The SMILES string of the molecule is Cc1noc(C2CN(S(=O)(=O)c3cccs3)CCCN2CC(C)C)n1. The first-order valence-electron chi connectivity index (χ1n) is 8.46. The Bertz CT molecular complexity index is 786. The van der Waals surface area contributed by atoms with E-state index in [9.17, 15) is 8.42 Å². The van der Waals surface area contributed by atoms with E-state index < -0.39 is 10.0 Å². The molecule has 9 heteroatoms. The van der Waals surface area contributed by atoms with Gasteiger partial charge in [0.25, 0.3) is 10.0 Å². The maximum absolute atomic E-state index is 13.0. The first-order chi connectivity index (χ1) is 11.9. The van der Waals surface area contributed by atoms with E-state index in [1.807, 2.05) is 0 Å². The number of hydrogen-bond acceptors (Lipinski definition) is 7. The molecule has 1 aliphatic rings. The molecule has 1 atom stereocenters. The third-order valence-corrected chi connectivity index (χ3v) is 7.43. The van der Waals surface area contributed by atoms with Gasteiger partial charge in [-0.15, -0.1) is 11.3 Å². The number of hydrogen-bond donors (Lipinski definition) is 0. The van der Waals surface area contributed by atoms with E-state index in [1.54, 1.807) is 28.7 Å². The molecule has 0 aromatic carbocycles. The van der Waals surface area contributed by atoms with Crippen LogP contribution in [-0.4, -0.2) is 53.9 Å². The van der Waals surface area contributed by atoms with Crippen molar-refractivity contribution in [2.45, 2.75) is 37.4 Å². The van der Waals surface area contributed by atoms with Gasteiger partial charge in [-0.05, 0) is 30.7 Å². The second kappa shape index (κ2) is 7.53. The molecule has 0 N–H and O–H groups in total. The van der Waals surface area contributed by atoms with Crippen molar-refractivity contribution in [3.8, 4) is 0 Å². The molecule has 25 heavy (non-hydrogen) atoms. The third-order valence-electron chi connectivity index (χ3n) is 4.19. The molecule has 1 aliphatic heterocycles. The van der Waals surface area contributed by atoms with Crippen molar-refractivity contribution in [1.29, 1.82) is 0 Å². The number of rotatable bonds is 5. The minimum absolute atomic E-state index is 0.221. The molecule has 0 amide bonds. The van der Waals surface area contributed by atoms with Crippen LogP contribution in [0.2, 0.25) is 0 Å². The molecule has 0 spiro atoms. The normalized spacial score (nSPS) is 20.9. The zero-order valence-electron chi connectivity index (χ0n) is 14.8. The van der Waals surface area contributed by atoms with Crippen LogP contribution in [0.25, 0.3) is 0 Å². The van der Waals surface area contributed by atoms with E-state index in [0.29, 0.717) is 34.9 Å². The average Bonchev–Trinajstić information content (AvgIpc) is 3.17. The largest absolute Gasteiger partial charge is 0.338 e. The Hall–Kier alpha value is -1.29. The van der Waals surface area contributed by atoms with E-state index in [1.165, 1.54) is 11.3 Å². The molecule has 138 valence electrons. The Morgan fingerprint density at radius 3 is 2.80 bits per heavy atom. The molecular weight excluding hydrogens is 360 g/mol. The lowest BCUT2D eigenvalue weighted by Crippen LogP contribution is -2.38. The highest BCUT2D eigenvalue weighted by Crippen LogP contribution is 2.29. The van der Waals surface area contributed by atoms with Crippen LogP contribution in [0.1, 0.15) is 38.0 Å². The lowest BCUT2D eigenvalue weighted by Gasteiger charge is -2.29. The Kier molecular flexibility index (Phi) is 5.57. The average molecular weight is 385 g/mol. The molecule has 0 radical (unpaired) electrons. The minimum Gasteiger partial charge on any atom is -0.338 e. The van der Waals surface area contributed by atoms with Crippen molar-refractivity contribution in [3.63, 3.8) is 0 Å². The van der Waals surface area contributed by atoms with E-state index in [-0.39, 0.29) is 6.04 Å². The second-order valence-corrected chi connectivity index (χ2v) is 9.85. The lowest BCUT2D eigenvalue weighted by atomic mass is 10.1. The predicted octanol–water partition coefficient (Wildman–Crippen LogP) is 2.53. The van der Waals surface area contributed by atoms with Crippen molar-refractivity contribution in [3.05, 3.63) is 29.2 Å². The van der Waals surface area contributed by atoms with Crippen LogP contribution < -0.4 is 0 Å². The fraction of sp³-hybridized carbons (Fsp3) is 0.625. The van der Waals surface area contributed by atoms with Gasteiger partial charge in [0.05, 0.1) is 0 Å². The van der Waals surface area contributed by atoms with Gasteiger partial charge < -0.3 is 4.52 Å². The molecule has 0 saturated carbocycles. The summed E-state index contributed by atoms with van der Waals surface area (Å²) in [5, 5.41) is 5.68. The molecule has 2 aromatic rings. The fourth-order valence-corrected chi connectivity index (χ4v) is 5.76. The number of nitrogens with zero attached hydrogens (tertiary/aromatic N) is 4. The van der Waals surface area contributed by atoms with Gasteiger partial charge in [-0.3, -0.25) is 4.90 Å². The van der Waals surface area contributed by atoms with Gasteiger partial charge in [0.15, 0.2) is 5.82 Å². The van der Waals surface area contributed by atoms with Crippen molar-refractivity contribution in [2.75, 3.05) is 26.2 Å². The summed E-state index contributed by atoms with van der Waals surface area (Å²) < 4.78 is 33.3. The molecule has 0 bridgehead atoms. The molecule has 3 rings (SSSR count). The lowest BCUT2D eigenvalue weighted by molar-refractivity contribution is 0.146. The summed E-state index contributed by atoms with van der Waals surface area (Å²) >= 11 is 1.25. The van der Waals surface area contributed by atoms with Crippen molar-refractivity contribution >= 4 is 21.4 Å². The summed E-state index contributed by atoms with van der Waals surface area (Å²) in [5.41, 5.74) is 0. The first kappa shape index (κ1) is 18.5. The molecule has 0 aliphatic carbocycles. The maximum atomic E-state index is 13.0. The van der Waals surface area contributed by atoms with Crippen LogP contribution in [0.3, 0.4) is 0 Å². The Balaban J connectivity index is 1.91. The van der Waals surface area contributed by atoms with Crippen LogP contribution in [0.5, 0.6) is 0 Å². The topological polar surface area (TPSA) is 79.5 Å². The summed E-state index contributed by atoms with van der Waals surface area (Å²) in [6.07, 6.45) is 0.779. The van der Waals surface area contributed by atoms with Crippen LogP contribution in [0.4, 0.5) is 0 Å². The Morgan fingerprint density at radius 2 is 2.20 bits per heavy atom. The molecule has 2 aromatic heterocycles. The van der Waals surface area contributed by atoms with E-state index >= 15 is 0 Å². The van der Waals surface area contributed by atoms with E-state index in [2.05, 4.69) is 28.9 Å². The number of aryl methyl sites for hydroxylation is 1. The molecule has 1 fully saturated rings. The summed E-state index contributed by atoms with van der Waals surface area (Å²) in [7, 11) is -3.49. The third kappa shape index (κ3) is 4.11. The van der Waals surface area contributed by atoms with Crippen molar-refractivity contribution < 1.29 is 12.9 Å². The number of sulfonamides is 1. The number of aromatic nitrogens is 2. The Morgan fingerprint density at radius 1 is 1.40 bits per heavy atom. The monoisotopic (exact) mass is 384 g/mol. The van der Waals surface area contributed by atoms with Gasteiger partial charge in [0.2, 0.25) is 5.89 Å². The molecule has 7 nitrogen and oxygen atoms in total. The highest BCUT2D eigenvalue weighted by molar-refractivity contribution is 7.91. The van der Waals surface area contributed by atoms with Crippen molar-refractivity contribution in [2.24, 2.45) is 5.92 Å². The molecule has 3 heterocycles. The van der Waals surface area contributed by atoms with Crippen LogP contribution in [0, 0.1) is 12.8 Å². The summed E-state index contributed by atoms with van der Waals surface area (Å²) in [6.45, 7) is 8.58. The maximum Gasteiger partial charge on any atom is 0.252 e. The highest BCUT2D eigenvalue weighted by atomic mass is 32.2. The van der Waals surface area contributed by atoms with Gasteiger partial charge in [-0.25, -0.2) is 8.42 Å². The van der Waals surface area contributed by atoms with Gasteiger partial charge in [-0.2, -0.15) is 9.29 Å². The van der Waals surface area contributed by atoms with E-state index in [0.717, 1.165) is 19.5 Å². The van der Waals surface area contributed by atoms with Crippen LogP contribution in [0.15, 0.2) is 26.2 Å².